The lowest BCUT2D eigenvalue weighted by Gasteiger charge is -2.12. The maximum atomic E-state index is 13.9. The van der Waals surface area contributed by atoms with E-state index in [4.69, 9.17) is 4.74 Å². The molecule has 0 saturated carbocycles. The number of hydrogen-bond donors (Lipinski definition) is 1. The number of aromatic nitrogens is 2. The molecule has 1 aromatic heterocycles. The molecule has 2 rings (SSSR count). The summed E-state index contributed by atoms with van der Waals surface area (Å²) in [7, 11) is 1.37. The third-order valence-electron chi connectivity index (χ3n) is 2.34. The highest BCUT2D eigenvalue weighted by molar-refractivity contribution is 5.34. The SMILES string of the molecule is COc1cccc(C(O)c2ncccn2)c1F. The minimum Gasteiger partial charge on any atom is -0.494 e. The fourth-order valence-electron chi connectivity index (χ4n) is 1.49. The lowest BCUT2D eigenvalue weighted by Crippen LogP contribution is -2.07. The van der Waals surface area contributed by atoms with Crippen LogP contribution >= 0.6 is 0 Å². The van der Waals surface area contributed by atoms with Crippen LogP contribution in [0, 0.1) is 5.82 Å². The van der Waals surface area contributed by atoms with E-state index in [2.05, 4.69) is 9.97 Å². The fraction of sp³-hybridized carbons (Fsp3) is 0.167. The Morgan fingerprint density at radius 2 is 1.94 bits per heavy atom. The van der Waals surface area contributed by atoms with E-state index in [0.717, 1.165) is 0 Å². The monoisotopic (exact) mass is 234 g/mol. The summed E-state index contributed by atoms with van der Waals surface area (Å²) in [5.41, 5.74) is 0.0931. The van der Waals surface area contributed by atoms with E-state index in [1.807, 2.05) is 0 Å². The van der Waals surface area contributed by atoms with Gasteiger partial charge in [-0.25, -0.2) is 14.4 Å². The molecule has 0 aliphatic rings. The third kappa shape index (κ3) is 2.24. The Labute approximate surface area is 97.7 Å². The molecule has 0 aliphatic carbocycles. The predicted molar refractivity (Wildman–Crippen MR) is 59.0 cm³/mol. The van der Waals surface area contributed by atoms with Gasteiger partial charge in [-0.15, -0.1) is 0 Å². The molecule has 1 atom stereocenters. The smallest absolute Gasteiger partial charge is 0.171 e. The Hall–Kier alpha value is -2.01. The van der Waals surface area contributed by atoms with Crippen molar-refractivity contribution in [2.24, 2.45) is 0 Å². The van der Waals surface area contributed by atoms with Gasteiger partial charge in [0.2, 0.25) is 0 Å². The van der Waals surface area contributed by atoms with Gasteiger partial charge in [-0.2, -0.15) is 0 Å². The number of nitrogens with zero attached hydrogens (tertiary/aromatic N) is 2. The Morgan fingerprint density at radius 3 is 2.59 bits per heavy atom. The summed E-state index contributed by atoms with van der Waals surface area (Å²) >= 11 is 0. The molecule has 1 unspecified atom stereocenters. The molecule has 0 radical (unpaired) electrons. The van der Waals surface area contributed by atoms with Crippen LogP contribution in [0.1, 0.15) is 17.5 Å². The lowest BCUT2D eigenvalue weighted by molar-refractivity contribution is 0.203. The van der Waals surface area contributed by atoms with Gasteiger partial charge in [-0.05, 0) is 12.1 Å². The van der Waals surface area contributed by atoms with E-state index < -0.39 is 11.9 Å². The standard InChI is InChI=1S/C12H11FN2O2/c1-17-9-5-2-4-8(10(9)13)11(16)12-14-6-3-7-15-12/h2-7,11,16H,1H3. The molecule has 2 aromatic rings. The number of benzene rings is 1. The van der Waals surface area contributed by atoms with Gasteiger partial charge in [0.15, 0.2) is 17.4 Å². The van der Waals surface area contributed by atoms with E-state index in [1.165, 1.54) is 31.6 Å². The van der Waals surface area contributed by atoms with Crippen molar-refractivity contribution in [3.63, 3.8) is 0 Å². The molecular formula is C12H11FN2O2. The molecule has 0 aliphatic heterocycles. The topological polar surface area (TPSA) is 55.2 Å². The summed E-state index contributed by atoms with van der Waals surface area (Å²) in [6.07, 6.45) is 1.78. The van der Waals surface area contributed by atoms with E-state index in [-0.39, 0.29) is 17.1 Å². The number of rotatable bonds is 3. The van der Waals surface area contributed by atoms with Crippen molar-refractivity contribution in [1.82, 2.24) is 9.97 Å². The zero-order chi connectivity index (χ0) is 12.3. The maximum Gasteiger partial charge on any atom is 0.171 e. The van der Waals surface area contributed by atoms with E-state index in [0.29, 0.717) is 0 Å². The average molecular weight is 234 g/mol. The first kappa shape index (κ1) is 11.5. The number of methoxy groups -OCH3 is 1. The summed E-state index contributed by atoms with van der Waals surface area (Å²) in [4.78, 5) is 7.77. The van der Waals surface area contributed by atoms with E-state index in [1.54, 1.807) is 12.1 Å². The molecule has 1 aromatic carbocycles. The van der Waals surface area contributed by atoms with Gasteiger partial charge in [-0.3, -0.25) is 0 Å². The first-order valence-corrected chi connectivity index (χ1v) is 5.01. The second-order valence-corrected chi connectivity index (χ2v) is 3.37. The van der Waals surface area contributed by atoms with E-state index >= 15 is 0 Å². The number of halogens is 1. The maximum absolute atomic E-state index is 13.9. The van der Waals surface area contributed by atoms with Gasteiger partial charge in [0.1, 0.15) is 6.10 Å². The fourth-order valence-corrected chi connectivity index (χ4v) is 1.49. The average Bonchev–Trinajstić information content (AvgIpc) is 2.39. The second kappa shape index (κ2) is 4.88. The predicted octanol–water partition coefficient (Wildman–Crippen LogP) is 1.71. The van der Waals surface area contributed by atoms with Gasteiger partial charge in [0, 0.05) is 18.0 Å². The van der Waals surface area contributed by atoms with Crippen molar-refractivity contribution in [1.29, 1.82) is 0 Å². The number of hydrogen-bond acceptors (Lipinski definition) is 4. The van der Waals surface area contributed by atoms with Gasteiger partial charge in [0.25, 0.3) is 0 Å². The van der Waals surface area contributed by atoms with Crippen LogP contribution < -0.4 is 4.74 Å². The van der Waals surface area contributed by atoms with Crippen molar-refractivity contribution in [3.05, 3.63) is 53.9 Å². The molecule has 88 valence electrons. The summed E-state index contributed by atoms with van der Waals surface area (Å²) in [6.45, 7) is 0. The van der Waals surface area contributed by atoms with Crippen LogP contribution in [-0.4, -0.2) is 22.2 Å². The first-order valence-electron chi connectivity index (χ1n) is 5.01. The van der Waals surface area contributed by atoms with Crippen LogP contribution in [0.4, 0.5) is 4.39 Å². The molecule has 5 heteroatoms. The number of aliphatic hydroxyl groups is 1. The summed E-state index contributed by atoms with van der Waals surface area (Å²) in [6, 6.07) is 6.18. The Bertz CT molecular complexity index is 505. The third-order valence-corrected chi connectivity index (χ3v) is 2.34. The van der Waals surface area contributed by atoms with Gasteiger partial charge >= 0.3 is 0 Å². The molecule has 17 heavy (non-hydrogen) atoms. The van der Waals surface area contributed by atoms with Crippen LogP contribution in [0.25, 0.3) is 0 Å². The van der Waals surface area contributed by atoms with Gasteiger partial charge in [-0.1, -0.05) is 12.1 Å². The minimum absolute atomic E-state index is 0.0810. The molecular weight excluding hydrogens is 223 g/mol. The minimum atomic E-state index is -1.20. The van der Waals surface area contributed by atoms with E-state index in [9.17, 15) is 9.50 Å². The Morgan fingerprint density at radius 1 is 1.24 bits per heavy atom. The zero-order valence-corrected chi connectivity index (χ0v) is 9.17. The van der Waals surface area contributed by atoms with Crippen LogP contribution in [0.5, 0.6) is 5.75 Å². The van der Waals surface area contributed by atoms with Crippen molar-refractivity contribution >= 4 is 0 Å². The molecule has 0 spiro atoms. The molecule has 0 saturated heterocycles. The van der Waals surface area contributed by atoms with Crippen LogP contribution in [0.15, 0.2) is 36.7 Å². The second-order valence-electron chi connectivity index (χ2n) is 3.37. The highest BCUT2D eigenvalue weighted by atomic mass is 19.1. The van der Waals surface area contributed by atoms with Crippen molar-refractivity contribution in [2.75, 3.05) is 7.11 Å². The summed E-state index contributed by atoms with van der Waals surface area (Å²) in [5, 5.41) is 9.97. The highest BCUT2D eigenvalue weighted by Crippen LogP contribution is 2.27. The van der Waals surface area contributed by atoms with Crippen molar-refractivity contribution in [3.8, 4) is 5.75 Å². The molecule has 4 nitrogen and oxygen atoms in total. The van der Waals surface area contributed by atoms with Crippen LogP contribution in [0.2, 0.25) is 0 Å². The van der Waals surface area contributed by atoms with Gasteiger partial charge in [0.05, 0.1) is 7.11 Å². The van der Waals surface area contributed by atoms with Crippen LogP contribution in [-0.2, 0) is 0 Å². The Balaban J connectivity index is 2.41. The van der Waals surface area contributed by atoms with Crippen LogP contribution in [0.3, 0.4) is 0 Å². The van der Waals surface area contributed by atoms with Crippen molar-refractivity contribution < 1.29 is 14.2 Å². The zero-order valence-electron chi connectivity index (χ0n) is 9.17. The molecule has 0 fully saturated rings. The largest absolute Gasteiger partial charge is 0.494 e. The highest BCUT2D eigenvalue weighted by Gasteiger charge is 2.19. The quantitative estimate of drug-likeness (QED) is 0.878. The number of ether oxygens (including phenoxy) is 1. The van der Waals surface area contributed by atoms with Crippen molar-refractivity contribution in [2.45, 2.75) is 6.10 Å². The Kier molecular flexibility index (Phi) is 3.30. The first-order chi connectivity index (χ1) is 8.24. The number of aliphatic hydroxyl groups excluding tert-OH is 1. The molecule has 0 amide bonds. The molecule has 1 N–H and O–H groups in total. The summed E-state index contributed by atoms with van der Waals surface area (Å²) in [5.74, 6) is -0.368. The lowest BCUT2D eigenvalue weighted by atomic mass is 10.1. The normalized spacial score (nSPS) is 12.2. The van der Waals surface area contributed by atoms with Gasteiger partial charge < -0.3 is 9.84 Å². The molecule has 0 bridgehead atoms. The molecule has 1 heterocycles. The summed E-state index contributed by atoms with van der Waals surface area (Å²) < 4.78 is 18.7.